The fourth-order valence-corrected chi connectivity index (χ4v) is 4.78. The van der Waals surface area contributed by atoms with E-state index in [0.717, 1.165) is 51.4 Å². The maximum Gasteiger partial charge on any atom is 0.305 e. The molecule has 0 spiro atoms. The van der Waals surface area contributed by atoms with Crippen LogP contribution < -0.4 is 0 Å². The van der Waals surface area contributed by atoms with E-state index < -0.39 is 0 Å². The molecule has 0 N–H and O–H groups in total. The van der Waals surface area contributed by atoms with Gasteiger partial charge >= 0.3 is 11.9 Å². The molecule has 0 aromatic heterocycles. The SMILES string of the molecule is CCCCC/C=C\C/C=C\CCCCCCCC(=O)OCC[S].CCCCC/C=C\C/C=C\CCCCCCCC(=O)OCC[S].[CH2]CCC.[CH2]CCC.[Sn]. The molecule has 0 rings (SSSR count). The molecular weight excluding hydrogens is 823 g/mol. The molecule has 0 bridgehead atoms. The number of ether oxygens (including phenoxy) is 2. The van der Waals surface area contributed by atoms with Crippen LogP contribution in [0.15, 0.2) is 48.6 Å². The molecule has 0 atom stereocenters. The van der Waals surface area contributed by atoms with E-state index in [1.165, 1.54) is 116 Å². The molecule has 0 saturated carbocycles. The maximum atomic E-state index is 11.3. The number of unbranched alkanes of at least 4 members (excludes halogenated alkanes) is 18. The zero-order valence-electron chi connectivity index (χ0n) is 36.6. The van der Waals surface area contributed by atoms with Crippen LogP contribution in [0.25, 0.3) is 0 Å². The van der Waals surface area contributed by atoms with E-state index in [1.807, 2.05) is 0 Å². The summed E-state index contributed by atoms with van der Waals surface area (Å²) in [7, 11) is 0. The second kappa shape index (κ2) is 65.3. The van der Waals surface area contributed by atoms with E-state index in [4.69, 9.17) is 34.7 Å². The molecule has 55 heavy (non-hydrogen) atoms. The Kier molecular flexibility index (Phi) is 75.4. The second-order valence-electron chi connectivity index (χ2n) is 13.5. The number of rotatable bonds is 34. The largest absolute Gasteiger partial charge is 0.465 e. The monoisotopic (exact) mass is 913 g/mol. The first-order valence-electron chi connectivity index (χ1n) is 22.1. The van der Waals surface area contributed by atoms with E-state index in [2.05, 4.69) is 90.2 Å². The van der Waals surface area contributed by atoms with E-state index in [9.17, 15) is 9.59 Å². The number of carbonyl (C=O) groups is 2. The third-order valence-electron chi connectivity index (χ3n) is 8.06. The summed E-state index contributed by atoms with van der Waals surface area (Å²) in [5.41, 5.74) is 0. The topological polar surface area (TPSA) is 52.6 Å². The van der Waals surface area contributed by atoms with Gasteiger partial charge in [-0.1, -0.05) is 205 Å². The second-order valence-corrected chi connectivity index (χ2v) is 14.3. The standard InChI is InChI=1S/2C20H35O2S.2C4H9.Sn/c2*1-2-3-4-5-6-7-8-9-10-11-12-13-14-15-16-17-20(21)22-18-19-23;2*1-3-4-2;/h2*6-7,9-10H,2-5,8,11-19H2,1H3;2*1,3-4H2,2H3;/b2*7-6-,10-9-;;;. The molecule has 0 fully saturated rings. The molecule has 4 nitrogen and oxygen atoms in total. The Morgan fingerprint density at radius 1 is 0.436 bits per heavy atom. The minimum absolute atomic E-state index is 0. The average molecular weight is 912 g/mol. The van der Waals surface area contributed by atoms with Crippen molar-refractivity contribution in [2.24, 2.45) is 0 Å². The first-order valence-corrected chi connectivity index (χ1v) is 23.3. The van der Waals surface area contributed by atoms with Gasteiger partial charge in [0.15, 0.2) is 0 Å². The molecular formula is C48H88O4S2Sn. The summed E-state index contributed by atoms with van der Waals surface area (Å²) in [5, 5.41) is 0. The van der Waals surface area contributed by atoms with Crippen molar-refractivity contribution in [1.82, 2.24) is 0 Å². The van der Waals surface area contributed by atoms with Gasteiger partial charge in [0, 0.05) is 48.3 Å². The summed E-state index contributed by atoms with van der Waals surface area (Å²) in [6.07, 6.45) is 50.3. The Balaban J connectivity index is -0.000000249. The Labute approximate surface area is 372 Å². The third-order valence-corrected chi connectivity index (χ3v) is 8.40. The van der Waals surface area contributed by atoms with E-state index in [-0.39, 0.29) is 35.8 Å². The summed E-state index contributed by atoms with van der Waals surface area (Å²) in [6, 6.07) is 0. The van der Waals surface area contributed by atoms with Crippen LogP contribution in [0.5, 0.6) is 0 Å². The van der Waals surface area contributed by atoms with Gasteiger partial charge < -0.3 is 9.47 Å². The predicted octanol–water partition coefficient (Wildman–Crippen LogP) is 15.9. The van der Waals surface area contributed by atoms with Crippen molar-refractivity contribution < 1.29 is 19.1 Å². The van der Waals surface area contributed by atoms with Crippen molar-refractivity contribution in [2.75, 3.05) is 24.7 Å². The van der Waals surface area contributed by atoms with Gasteiger partial charge in [0.1, 0.15) is 13.2 Å². The van der Waals surface area contributed by atoms with Crippen LogP contribution in [0, 0.1) is 13.8 Å². The van der Waals surface area contributed by atoms with E-state index in [0.29, 0.717) is 37.6 Å². The Hall–Kier alpha value is -0.601. The predicted molar refractivity (Wildman–Crippen MR) is 252 cm³/mol. The quantitative estimate of drug-likeness (QED) is 0.0279. The fourth-order valence-electron chi connectivity index (χ4n) is 4.62. The molecule has 0 heterocycles. The summed E-state index contributed by atoms with van der Waals surface area (Å²) in [4.78, 5) is 22.5. The Morgan fingerprint density at radius 2 is 0.709 bits per heavy atom. The van der Waals surface area contributed by atoms with Crippen LogP contribution in [0.2, 0.25) is 0 Å². The van der Waals surface area contributed by atoms with Gasteiger partial charge in [0.25, 0.3) is 0 Å². The van der Waals surface area contributed by atoms with Crippen molar-refractivity contribution in [3.05, 3.63) is 62.5 Å². The van der Waals surface area contributed by atoms with Gasteiger partial charge in [-0.15, -0.1) is 0 Å². The summed E-state index contributed by atoms with van der Waals surface area (Å²) in [6.45, 7) is 16.7. The van der Waals surface area contributed by atoms with Gasteiger partial charge in [0.2, 0.25) is 0 Å². The minimum atomic E-state index is -0.0967. The van der Waals surface area contributed by atoms with Gasteiger partial charge in [-0.3, -0.25) is 9.59 Å². The van der Waals surface area contributed by atoms with Crippen LogP contribution in [-0.2, 0) is 19.1 Å². The Bertz CT molecular complexity index is 744. The molecule has 0 aliphatic heterocycles. The van der Waals surface area contributed by atoms with Crippen molar-refractivity contribution >= 4 is 61.1 Å². The van der Waals surface area contributed by atoms with Crippen molar-refractivity contribution in [3.8, 4) is 0 Å². The molecule has 7 heteroatoms. The van der Waals surface area contributed by atoms with Crippen LogP contribution in [0.4, 0.5) is 0 Å². The summed E-state index contributed by atoms with van der Waals surface area (Å²) in [5.74, 6) is 0.794. The number of allylic oxidation sites excluding steroid dienone is 8. The maximum absolute atomic E-state index is 11.3. The molecule has 0 aliphatic carbocycles. The zero-order chi connectivity index (χ0) is 40.9. The number of carbonyl (C=O) groups excluding carboxylic acids is 2. The molecule has 0 saturated heterocycles. The van der Waals surface area contributed by atoms with E-state index in [1.54, 1.807) is 0 Å². The van der Waals surface area contributed by atoms with Gasteiger partial charge in [-0.2, -0.15) is 0 Å². The fraction of sp³-hybridized carbons (Fsp3) is 0.750. The van der Waals surface area contributed by atoms with Gasteiger partial charge in [-0.05, 0) is 77.0 Å². The van der Waals surface area contributed by atoms with Gasteiger partial charge in [0.05, 0.1) is 0 Å². The molecule has 0 aromatic rings. The Morgan fingerprint density at radius 3 is 0.982 bits per heavy atom. The van der Waals surface area contributed by atoms with E-state index >= 15 is 0 Å². The van der Waals surface area contributed by atoms with Crippen LogP contribution in [0.1, 0.15) is 207 Å². The van der Waals surface area contributed by atoms with Crippen LogP contribution in [-0.4, -0.2) is 60.6 Å². The molecule has 0 aliphatic rings. The van der Waals surface area contributed by atoms with Crippen molar-refractivity contribution in [2.45, 2.75) is 207 Å². The molecule has 0 amide bonds. The number of hydrogen-bond acceptors (Lipinski definition) is 4. The number of esters is 2. The first-order chi connectivity index (χ1) is 26.4. The molecule has 320 valence electrons. The summed E-state index contributed by atoms with van der Waals surface area (Å²) >= 11 is 9.47. The normalized spacial score (nSPS) is 10.8. The third kappa shape index (κ3) is 74.9. The average Bonchev–Trinajstić information content (AvgIpc) is 3.19. The number of hydrogen-bond donors (Lipinski definition) is 0. The van der Waals surface area contributed by atoms with Crippen molar-refractivity contribution in [3.63, 3.8) is 0 Å². The van der Waals surface area contributed by atoms with Crippen molar-refractivity contribution in [1.29, 1.82) is 0 Å². The molecule has 0 aromatic carbocycles. The summed E-state index contributed by atoms with van der Waals surface area (Å²) < 4.78 is 9.91. The smallest absolute Gasteiger partial charge is 0.305 e. The first kappa shape index (κ1) is 63.6. The molecule has 8 radical (unpaired) electrons. The molecule has 0 unspecified atom stereocenters. The minimum Gasteiger partial charge on any atom is -0.465 e. The van der Waals surface area contributed by atoms with Crippen LogP contribution in [0.3, 0.4) is 0 Å². The van der Waals surface area contributed by atoms with Gasteiger partial charge in [-0.25, -0.2) is 0 Å². The zero-order valence-corrected chi connectivity index (χ0v) is 41.1. The van der Waals surface area contributed by atoms with Crippen LogP contribution >= 0.6 is 25.3 Å².